The van der Waals surface area contributed by atoms with Crippen molar-refractivity contribution in [2.24, 2.45) is 0 Å². The molecule has 2 N–H and O–H groups in total. The van der Waals surface area contributed by atoms with Gasteiger partial charge in [-0.25, -0.2) is 13.2 Å². The summed E-state index contributed by atoms with van der Waals surface area (Å²) >= 11 is 0. The molecular weight excluding hydrogens is 358 g/mol. The Labute approximate surface area is 151 Å². The molecule has 0 amide bonds. The van der Waals surface area contributed by atoms with Gasteiger partial charge in [-0.15, -0.1) is 0 Å². The van der Waals surface area contributed by atoms with Crippen LogP contribution < -0.4 is 14.2 Å². The molecule has 138 valence electrons. The molecule has 0 radical (unpaired) electrons. The van der Waals surface area contributed by atoms with E-state index in [1.165, 1.54) is 25.3 Å². The molecule has 0 aliphatic carbocycles. The van der Waals surface area contributed by atoms with Gasteiger partial charge >= 0.3 is 5.97 Å². The molecule has 0 aromatic heterocycles. The van der Waals surface area contributed by atoms with Gasteiger partial charge in [0.2, 0.25) is 0 Å². The average molecular weight is 377 g/mol. The molecule has 0 heterocycles. The summed E-state index contributed by atoms with van der Waals surface area (Å²) in [4.78, 5) is 10.5. The zero-order chi connectivity index (χ0) is 19.2. The molecule has 26 heavy (non-hydrogen) atoms. The van der Waals surface area contributed by atoms with Crippen molar-refractivity contribution in [2.75, 3.05) is 18.4 Å². The van der Waals surface area contributed by atoms with Crippen LogP contribution in [0.2, 0.25) is 0 Å². The lowest BCUT2D eigenvalue weighted by molar-refractivity contribution is -0.131. The van der Waals surface area contributed by atoms with Crippen molar-refractivity contribution < 1.29 is 27.8 Å². The summed E-state index contributed by atoms with van der Waals surface area (Å²) in [5.74, 6) is -0.345. The molecule has 0 saturated carbocycles. The molecule has 2 aromatic carbocycles. The minimum Gasteiger partial charge on any atom is -0.495 e. The maximum absolute atomic E-state index is 12.7. The highest BCUT2D eigenvalue weighted by molar-refractivity contribution is 7.92. The average Bonchev–Trinajstić information content (AvgIpc) is 2.61. The van der Waals surface area contributed by atoms with Crippen LogP contribution in [0.1, 0.15) is 12.5 Å². The number of sulfonamides is 1. The first-order valence-corrected chi connectivity index (χ1v) is 9.18. The molecule has 0 saturated heterocycles. The van der Waals surface area contributed by atoms with Crippen LogP contribution >= 0.6 is 0 Å². The molecular formula is C18H19NO6S. The van der Waals surface area contributed by atoms with Gasteiger partial charge in [0.05, 0.1) is 13.7 Å². The van der Waals surface area contributed by atoms with Gasteiger partial charge in [0, 0.05) is 11.8 Å². The number of nitrogens with one attached hydrogen (secondary N) is 1. The quantitative estimate of drug-likeness (QED) is 0.686. The Morgan fingerprint density at radius 1 is 1.19 bits per heavy atom. The van der Waals surface area contributed by atoms with Crippen LogP contribution in [0.4, 0.5) is 5.69 Å². The zero-order valence-electron chi connectivity index (χ0n) is 14.3. The molecule has 2 rings (SSSR count). The second kappa shape index (κ2) is 8.39. The first kappa shape index (κ1) is 19.3. The highest BCUT2D eigenvalue weighted by Gasteiger charge is 2.20. The van der Waals surface area contributed by atoms with E-state index in [-0.39, 0.29) is 10.6 Å². The lowest BCUT2D eigenvalue weighted by atomic mass is 10.2. The molecule has 0 fully saturated rings. The number of carboxylic acid groups (broad SMARTS) is 1. The maximum Gasteiger partial charge on any atom is 0.328 e. The Bertz CT molecular complexity index is 904. The van der Waals surface area contributed by atoms with E-state index in [4.69, 9.17) is 14.6 Å². The van der Waals surface area contributed by atoms with Gasteiger partial charge in [-0.05, 0) is 55.0 Å². The van der Waals surface area contributed by atoms with Gasteiger partial charge in [0.25, 0.3) is 10.0 Å². The van der Waals surface area contributed by atoms with Crippen molar-refractivity contribution in [1.29, 1.82) is 0 Å². The summed E-state index contributed by atoms with van der Waals surface area (Å²) in [5, 5.41) is 8.71. The fraction of sp³-hybridized carbons (Fsp3) is 0.167. The van der Waals surface area contributed by atoms with Crippen LogP contribution in [0.3, 0.4) is 0 Å². The van der Waals surface area contributed by atoms with Gasteiger partial charge < -0.3 is 14.6 Å². The lowest BCUT2D eigenvalue weighted by Gasteiger charge is -2.13. The van der Waals surface area contributed by atoms with Crippen LogP contribution in [0.15, 0.2) is 53.4 Å². The number of hydrogen-bond donors (Lipinski definition) is 2. The number of rotatable bonds is 8. The Morgan fingerprint density at radius 3 is 2.46 bits per heavy atom. The van der Waals surface area contributed by atoms with Crippen LogP contribution in [-0.4, -0.2) is 33.2 Å². The van der Waals surface area contributed by atoms with E-state index in [1.807, 2.05) is 6.92 Å². The highest BCUT2D eigenvalue weighted by atomic mass is 32.2. The van der Waals surface area contributed by atoms with Gasteiger partial charge in [0.15, 0.2) is 0 Å². The highest BCUT2D eigenvalue weighted by Crippen LogP contribution is 2.28. The van der Waals surface area contributed by atoms with Gasteiger partial charge in [-0.1, -0.05) is 6.07 Å². The summed E-state index contributed by atoms with van der Waals surface area (Å²) < 4.78 is 38.3. The van der Waals surface area contributed by atoms with Gasteiger partial charge in [-0.3, -0.25) is 4.72 Å². The van der Waals surface area contributed by atoms with E-state index in [0.717, 1.165) is 6.08 Å². The van der Waals surface area contributed by atoms with Crippen molar-refractivity contribution in [3.8, 4) is 11.5 Å². The number of hydrogen-bond acceptors (Lipinski definition) is 5. The van der Waals surface area contributed by atoms with Gasteiger partial charge in [0.1, 0.15) is 16.4 Å². The third kappa shape index (κ3) is 5.00. The largest absolute Gasteiger partial charge is 0.495 e. The van der Waals surface area contributed by atoms with E-state index in [0.29, 0.717) is 23.6 Å². The summed E-state index contributed by atoms with van der Waals surface area (Å²) in [6.45, 7) is 2.37. The number of carboxylic acids is 1. The number of ether oxygens (including phenoxy) is 2. The topological polar surface area (TPSA) is 102 Å². The number of benzene rings is 2. The Kier molecular flexibility index (Phi) is 6.24. The number of aliphatic carboxylic acids is 1. The smallest absolute Gasteiger partial charge is 0.328 e. The molecule has 7 nitrogen and oxygen atoms in total. The van der Waals surface area contributed by atoms with Crippen LogP contribution in [-0.2, 0) is 14.8 Å². The molecule has 2 aromatic rings. The fourth-order valence-corrected chi connectivity index (χ4v) is 3.43. The van der Waals surface area contributed by atoms with Crippen LogP contribution in [0.25, 0.3) is 6.08 Å². The summed E-state index contributed by atoms with van der Waals surface area (Å²) in [6, 6.07) is 10.9. The van der Waals surface area contributed by atoms with E-state index >= 15 is 0 Å². The van der Waals surface area contributed by atoms with E-state index in [2.05, 4.69) is 4.72 Å². The predicted octanol–water partition coefficient (Wildman–Crippen LogP) is 2.99. The van der Waals surface area contributed by atoms with Crippen molar-refractivity contribution in [3.63, 3.8) is 0 Å². The zero-order valence-corrected chi connectivity index (χ0v) is 15.1. The second-order valence-corrected chi connectivity index (χ2v) is 6.80. The standard InChI is InChI=1S/C18H19NO6S/c1-3-25-15-8-6-14(7-9-15)19-26(22,23)17-12-13(5-11-18(20)21)4-10-16(17)24-2/h4-12,19H,3H2,1-2H3,(H,20,21). The predicted molar refractivity (Wildman–Crippen MR) is 98.1 cm³/mol. The molecule has 0 unspecified atom stereocenters. The first-order valence-electron chi connectivity index (χ1n) is 7.70. The van der Waals surface area contributed by atoms with Crippen molar-refractivity contribution in [3.05, 3.63) is 54.1 Å². The first-order chi connectivity index (χ1) is 12.4. The van der Waals surface area contributed by atoms with E-state index in [1.54, 1.807) is 30.3 Å². The van der Waals surface area contributed by atoms with Crippen molar-refractivity contribution >= 4 is 27.8 Å². The second-order valence-electron chi connectivity index (χ2n) is 5.14. The third-order valence-electron chi connectivity index (χ3n) is 3.31. The lowest BCUT2D eigenvalue weighted by Crippen LogP contribution is -2.14. The number of methoxy groups -OCH3 is 1. The third-order valence-corrected chi connectivity index (χ3v) is 4.72. The van der Waals surface area contributed by atoms with Crippen LogP contribution in [0.5, 0.6) is 11.5 Å². The molecule has 0 aliphatic heterocycles. The maximum atomic E-state index is 12.7. The van der Waals surface area contributed by atoms with Crippen LogP contribution in [0, 0.1) is 0 Å². The van der Waals surface area contributed by atoms with Crippen molar-refractivity contribution in [2.45, 2.75) is 11.8 Å². The summed E-state index contributed by atoms with van der Waals surface area (Å²) in [5.41, 5.74) is 0.780. The number of anilines is 1. The number of carbonyl (C=O) groups is 1. The van der Waals surface area contributed by atoms with E-state index in [9.17, 15) is 13.2 Å². The van der Waals surface area contributed by atoms with E-state index < -0.39 is 16.0 Å². The Hall–Kier alpha value is -3.00. The van der Waals surface area contributed by atoms with Crippen molar-refractivity contribution in [1.82, 2.24) is 0 Å². The molecule has 0 spiro atoms. The monoisotopic (exact) mass is 377 g/mol. The summed E-state index contributed by atoms with van der Waals surface area (Å²) in [6.07, 6.45) is 2.23. The summed E-state index contributed by atoms with van der Waals surface area (Å²) in [7, 11) is -2.58. The molecule has 0 bridgehead atoms. The fourth-order valence-electron chi connectivity index (χ4n) is 2.17. The molecule has 0 aliphatic rings. The Morgan fingerprint density at radius 2 is 1.88 bits per heavy atom. The minimum atomic E-state index is -3.94. The SMILES string of the molecule is CCOc1ccc(NS(=O)(=O)c2cc(C=CC(=O)O)ccc2OC)cc1. The normalized spacial score (nSPS) is 11.3. The Balaban J connectivity index is 2.34. The minimum absolute atomic E-state index is 0.0959. The molecule has 0 atom stereocenters. The van der Waals surface area contributed by atoms with Gasteiger partial charge in [-0.2, -0.15) is 0 Å². The molecule has 8 heteroatoms.